The van der Waals surface area contributed by atoms with Crippen molar-refractivity contribution < 1.29 is 4.52 Å². The van der Waals surface area contributed by atoms with E-state index in [9.17, 15) is 0 Å². The lowest BCUT2D eigenvalue weighted by atomic mass is 10.0. The molecule has 2 rings (SSSR count). The van der Waals surface area contributed by atoms with Crippen LogP contribution in [0, 0.1) is 0 Å². The molecule has 0 aromatic carbocycles. The molecule has 1 aromatic rings. The van der Waals surface area contributed by atoms with Crippen LogP contribution in [0.15, 0.2) is 4.52 Å². The highest BCUT2D eigenvalue weighted by Crippen LogP contribution is 2.33. The van der Waals surface area contributed by atoms with Gasteiger partial charge in [0.25, 0.3) is 0 Å². The molecular weight excluding hydrogens is 190 g/mol. The van der Waals surface area contributed by atoms with Crippen molar-refractivity contribution >= 4 is 0 Å². The maximum atomic E-state index is 5.24. The minimum atomic E-state index is 0.320. The van der Waals surface area contributed by atoms with Crippen molar-refractivity contribution in [1.82, 2.24) is 15.5 Å². The third kappa shape index (κ3) is 2.04. The van der Waals surface area contributed by atoms with E-state index in [0.717, 1.165) is 11.7 Å². The van der Waals surface area contributed by atoms with Gasteiger partial charge in [-0.2, -0.15) is 4.98 Å². The number of aromatic nitrogens is 2. The first-order chi connectivity index (χ1) is 7.22. The summed E-state index contributed by atoms with van der Waals surface area (Å²) in [5.74, 6) is 2.40. The minimum absolute atomic E-state index is 0.320. The van der Waals surface area contributed by atoms with Gasteiger partial charge in [0.1, 0.15) is 0 Å². The highest BCUT2D eigenvalue weighted by atomic mass is 16.5. The summed E-state index contributed by atoms with van der Waals surface area (Å²) in [5, 5.41) is 7.42. The molecule has 4 heteroatoms. The highest BCUT2D eigenvalue weighted by molar-refractivity contribution is 5.05. The summed E-state index contributed by atoms with van der Waals surface area (Å²) in [4.78, 5) is 4.47. The van der Waals surface area contributed by atoms with E-state index in [1.165, 1.54) is 19.3 Å². The third-order valence-electron chi connectivity index (χ3n) is 3.17. The van der Waals surface area contributed by atoms with E-state index in [2.05, 4.69) is 29.3 Å². The van der Waals surface area contributed by atoms with E-state index < -0.39 is 0 Å². The molecule has 0 aliphatic heterocycles. The fraction of sp³-hybridized carbons (Fsp3) is 0.818. The molecule has 0 bridgehead atoms. The first-order valence-corrected chi connectivity index (χ1v) is 5.73. The van der Waals surface area contributed by atoms with Crippen LogP contribution in [0.25, 0.3) is 0 Å². The Balaban J connectivity index is 2.14. The zero-order chi connectivity index (χ0) is 10.8. The van der Waals surface area contributed by atoms with Gasteiger partial charge in [0.15, 0.2) is 5.82 Å². The summed E-state index contributed by atoms with van der Waals surface area (Å²) < 4.78 is 5.24. The van der Waals surface area contributed by atoms with Crippen LogP contribution in [0.1, 0.15) is 56.7 Å². The second-order valence-electron chi connectivity index (χ2n) is 4.58. The van der Waals surface area contributed by atoms with Crippen LogP contribution in [-0.2, 0) is 0 Å². The summed E-state index contributed by atoms with van der Waals surface area (Å²) in [6.45, 7) is 4.14. The summed E-state index contributed by atoms with van der Waals surface area (Å²) >= 11 is 0. The Hall–Kier alpha value is -0.900. The zero-order valence-corrected chi connectivity index (χ0v) is 9.66. The van der Waals surface area contributed by atoms with Crippen molar-refractivity contribution in [1.29, 1.82) is 0 Å². The Morgan fingerprint density at radius 2 is 2.20 bits per heavy atom. The molecule has 4 nitrogen and oxygen atoms in total. The van der Waals surface area contributed by atoms with Crippen LogP contribution in [0.3, 0.4) is 0 Å². The molecule has 1 saturated carbocycles. The van der Waals surface area contributed by atoms with Crippen LogP contribution < -0.4 is 5.32 Å². The Morgan fingerprint density at radius 1 is 1.40 bits per heavy atom. The molecule has 0 saturated heterocycles. The lowest BCUT2D eigenvalue weighted by molar-refractivity contribution is 0.354. The van der Waals surface area contributed by atoms with Crippen LogP contribution in [0.4, 0.5) is 0 Å². The average Bonchev–Trinajstić information content (AvgIpc) is 2.85. The molecule has 1 aliphatic rings. The van der Waals surface area contributed by atoms with Gasteiger partial charge in [0.2, 0.25) is 5.89 Å². The largest absolute Gasteiger partial charge is 0.339 e. The normalized spacial score (nSPS) is 26.4. The van der Waals surface area contributed by atoms with E-state index in [0.29, 0.717) is 17.9 Å². The molecule has 84 valence electrons. The van der Waals surface area contributed by atoms with Crippen molar-refractivity contribution in [2.45, 2.75) is 51.0 Å². The smallest absolute Gasteiger partial charge is 0.229 e. The summed E-state index contributed by atoms with van der Waals surface area (Å²) in [6, 6.07) is 0.516. The maximum absolute atomic E-state index is 5.24. The van der Waals surface area contributed by atoms with Crippen LogP contribution in [-0.4, -0.2) is 23.2 Å². The van der Waals surface area contributed by atoms with Crippen molar-refractivity contribution in [3.63, 3.8) is 0 Å². The first kappa shape index (κ1) is 10.6. The molecule has 0 spiro atoms. The molecule has 1 heterocycles. The van der Waals surface area contributed by atoms with E-state index in [4.69, 9.17) is 4.52 Å². The highest BCUT2D eigenvalue weighted by Gasteiger charge is 2.31. The summed E-state index contributed by atoms with van der Waals surface area (Å²) in [6.07, 6.45) is 3.64. The quantitative estimate of drug-likeness (QED) is 0.827. The number of hydrogen-bond donors (Lipinski definition) is 1. The van der Waals surface area contributed by atoms with Gasteiger partial charge in [-0.15, -0.1) is 0 Å². The zero-order valence-electron chi connectivity index (χ0n) is 9.66. The number of hydrogen-bond acceptors (Lipinski definition) is 4. The molecule has 15 heavy (non-hydrogen) atoms. The summed E-state index contributed by atoms with van der Waals surface area (Å²) in [7, 11) is 2.01. The van der Waals surface area contributed by atoms with Crippen molar-refractivity contribution in [2.24, 2.45) is 0 Å². The fourth-order valence-corrected chi connectivity index (χ4v) is 2.25. The van der Waals surface area contributed by atoms with Crippen molar-refractivity contribution in [3.8, 4) is 0 Å². The number of nitrogens with zero attached hydrogens (tertiary/aromatic N) is 2. The molecule has 2 atom stereocenters. The number of nitrogens with one attached hydrogen (secondary N) is 1. The second-order valence-corrected chi connectivity index (χ2v) is 4.58. The maximum Gasteiger partial charge on any atom is 0.229 e. The van der Waals surface area contributed by atoms with Gasteiger partial charge in [-0.1, -0.05) is 25.4 Å². The van der Waals surface area contributed by atoms with Gasteiger partial charge >= 0.3 is 0 Å². The van der Waals surface area contributed by atoms with E-state index in [1.54, 1.807) is 0 Å². The van der Waals surface area contributed by atoms with Gasteiger partial charge < -0.3 is 9.84 Å². The van der Waals surface area contributed by atoms with Gasteiger partial charge in [-0.05, 0) is 19.9 Å². The first-order valence-electron chi connectivity index (χ1n) is 5.73. The summed E-state index contributed by atoms with van der Waals surface area (Å²) in [5.41, 5.74) is 0. The third-order valence-corrected chi connectivity index (χ3v) is 3.17. The van der Waals surface area contributed by atoms with E-state index in [1.807, 2.05) is 7.05 Å². The SMILES string of the molecule is CNC1CCCC1c1noc(C(C)C)n1. The molecule has 0 amide bonds. The molecule has 2 unspecified atom stereocenters. The minimum Gasteiger partial charge on any atom is -0.339 e. The molecule has 1 N–H and O–H groups in total. The van der Waals surface area contributed by atoms with Gasteiger partial charge in [0.05, 0.1) is 0 Å². The molecule has 1 aromatic heterocycles. The van der Waals surface area contributed by atoms with Crippen molar-refractivity contribution in [2.75, 3.05) is 7.05 Å². The van der Waals surface area contributed by atoms with Gasteiger partial charge in [0, 0.05) is 17.9 Å². The lowest BCUT2D eigenvalue weighted by Crippen LogP contribution is -2.28. The average molecular weight is 209 g/mol. The van der Waals surface area contributed by atoms with Crippen LogP contribution >= 0.6 is 0 Å². The fourth-order valence-electron chi connectivity index (χ4n) is 2.25. The molecule has 0 radical (unpaired) electrons. The Morgan fingerprint density at radius 3 is 2.80 bits per heavy atom. The predicted molar refractivity (Wildman–Crippen MR) is 57.8 cm³/mol. The number of likely N-dealkylation sites (N-methyl/N-ethyl adjacent to an activating group) is 1. The Bertz CT molecular complexity index is 321. The van der Waals surface area contributed by atoms with Crippen LogP contribution in [0.5, 0.6) is 0 Å². The second kappa shape index (κ2) is 4.31. The van der Waals surface area contributed by atoms with Gasteiger partial charge in [-0.3, -0.25) is 0 Å². The van der Waals surface area contributed by atoms with E-state index in [-0.39, 0.29) is 0 Å². The predicted octanol–water partition coefficient (Wildman–Crippen LogP) is 2.05. The molecular formula is C11H19N3O. The molecule has 1 aliphatic carbocycles. The standard InChI is InChI=1S/C11H19N3O/c1-7(2)11-13-10(14-15-11)8-5-4-6-9(8)12-3/h7-9,12H,4-6H2,1-3H3. The number of rotatable bonds is 3. The van der Waals surface area contributed by atoms with Crippen molar-refractivity contribution in [3.05, 3.63) is 11.7 Å². The van der Waals surface area contributed by atoms with Gasteiger partial charge in [-0.25, -0.2) is 0 Å². The lowest BCUT2D eigenvalue weighted by Gasteiger charge is -2.14. The van der Waals surface area contributed by atoms with E-state index >= 15 is 0 Å². The monoisotopic (exact) mass is 209 g/mol. The Kier molecular flexibility index (Phi) is 3.05. The topological polar surface area (TPSA) is 51.0 Å². The Labute approximate surface area is 90.4 Å². The molecule has 1 fully saturated rings. The van der Waals surface area contributed by atoms with Crippen LogP contribution in [0.2, 0.25) is 0 Å².